The number of ether oxygens (including phenoxy) is 4. The molecule has 0 spiro atoms. The van der Waals surface area contributed by atoms with Crippen molar-refractivity contribution in [2.75, 3.05) is 13.2 Å². The zero-order valence-electron chi connectivity index (χ0n) is 20.9. The van der Waals surface area contributed by atoms with Gasteiger partial charge in [0, 0.05) is 21.5 Å². The summed E-state index contributed by atoms with van der Waals surface area (Å²) in [5.41, 5.74) is 2.40. The molecule has 0 atom stereocenters. The van der Waals surface area contributed by atoms with Crippen molar-refractivity contribution in [1.29, 1.82) is 0 Å². The molecule has 3 aromatic rings. The normalized spacial score (nSPS) is 11.3. The number of hydrogen-bond acceptors (Lipinski definition) is 6. The number of rotatable bonds is 10. The molecule has 6 nitrogen and oxygen atoms in total. The largest absolute Gasteiger partial charge is 0.481 e. The predicted octanol–water partition coefficient (Wildman–Crippen LogP) is 5.78. The Kier molecular flexibility index (Phi) is 8.37. The van der Waals surface area contributed by atoms with E-state index in [2.05, 4.69) is 26.0 Å². The molecule has 3 rings (SSSR count). The molecule has 0 saturated carbocycles. The molecule has 0 saturated heterocycles. The van der Waals surface area contributed by atoms with E-state index < -0.39 is 11.9 Å². The third kappa shape index (κ3) is 5.79. The maximum absolute atomic E-state index is 12.2. The van der Waals surface area contributed by atoms with E-state index in [0.29, 0.717) is 11.5 Å². The van der Waals surface area contributed by atoms with E-state index in [1.807, 2.05) is 24.3 Å². The first kappa shape index (κ1) is 25.3. The van der Waals surface area contributed by atoms with Crippen LogP contribution in [-0.4, -0.2) is 37.4 Å². The Morgan fingerprint density at radius 1 is 0.676 bits per heavy atom. The monoisotopic (exact) mass is 466 g/mol. The van der Waals surface area contributed by atoms with E-state index in [1.54, 1.807) is 27.7 Å². The van der Waals surface area contributed by atoms with Crippen molar-refractivity contribution >= 4 is 33.5 Å². The van der Waals surface area contributed by atoms with Crippen LogP contribution in [0.2, 0.25) is 0 Å². The fourth-order valence-electron chi connectivity index (χ4n) is 4.06. The van der Waals surface area contributed by atoms with Crippen LogP contribution in [0.5, 0.6) is 11.5 Å². The van der Waals surface area contributed by atoms with Crippen LogP contribution < -0.4 is 9.47 Å². The lowest BCUT2D eigenvalue weighted by molar-refractivity contribution is -0.150. The molecule has 0 aliphatic carbocycles. The Morgan fingerprint density at radius 3 is 1.38 bits per heavy atom. The Bertz CT molecular complexity index is 1090. The van der Waals surface area contributed by atoms with Gasteiger partial charge in [-0.15, -0.1) is 0 Å². The summed E-state index contributed by atoms with van der Waals surface area (Å²) in [5, 5.41) is 3.26. The molecule has 0 radical (unpaired) electrons. The predicted molar refractivity (Wildman–Crippen MR) is 134 cm³/mol. The summed E-state index contributed by atoms with van der Waals surface area (Å²) < 4.78 is 22.7. The number of hydrogen-bond donors (Lipinski definition) is 0. The molecule has 0 aliphatic heterocycles. The molecule has 0 aliphatic rings. The van der Waals surface area contributed by atoms with Crippen LogP contribution in [0.1, 0.15) is 52.7 Å². The van der Waals surface area contributed by atoms with Crippen LogP contribution in [-0.2, 0) is 31.9 Å². The molecule has 34 heavy (non-hydrogen) atoms. The minimum Gasteiger partial charge on any atom is -0.481 e. The van der Waals surface area contributed by atoms with Gasteiger partial charge in [0.1, 0.15) is 11.5 Å². The lowest BCUT2D eigenvalue weighted by Gasteiger charge is -2.20. The van der Waals surface area contributed by atoms with Crippen LogP contribution in [0.4, 0.5) is 0 Å². The molecular weight excluding hydrogens is 432 g/mol. The standard InChI is InChI=1S/C28H34O6/c1-7-19-13-23-24(14-20(19)8-2)28(32-16-26(30)34-18(5)6)22-12-10-9-11-21(22)27(23)31-15-25(29)33-17(3)4/h9-14,17-18H,7-8,15-16H2,1-6H3. The molecule has 0 fully saturated rings. The first-order valence-corrected chi connectivity index (χ1v) is 11.9. The molecular formula is C28H34O6. The minimum atomic E-state index is -0.426. The van der Waals surface area contributed by atoms with Gasteiger partial charge in [-0.25, -0.2) is 9.59 Å². The molecule has 3 aromatic carbocycles. The number of carbonyl (C=O) groups excluding carboxylic acids is 2. The Balaban J connectivity index is 2.18. The summed E-state index contributed by atoms with van der Waals surface area (Å²) in [7, 11) is 0. The maximum Gasteiger partial charge on any atom is 0.344 e. The van der Waals surface area contributed by atoms with E-state index in [4.69, 9.17) is 18.9 Å². The molecule has 0 aromatic heterocycles. The zero-order valence-corrected chi connectivity index (χ0v) is 20.9. The molecule has 0 N–H and O–H groups in total. The van der Waals surface area contributed by atoms with Crippen molar-refractivity contribution in [3.8, 4) is 11.5 Å². The van der Waals surface area contributed by atoms with Crippen molar-refractivity contribution in [2.45, 2.75) is 66.6 Å². The van der Waals surface area contributed by atoms with Crippen molar-refractivity contribution in [3.05, 3.63) is 47.5 Å². The molecule has 182 valence electrons. The van der Waals surface area contributed by atoms with Gasteiger partial charge >= 0.3 is 11.9 Å². The van der Waals surface area contributed by atoms with Crippen LogP contribution in [0.15, 0.2) is 36.4 Å². The second-order valence-electron chi connectivity index (χ2n) is 8.73. The highest BCUT2D eigenvalue weighted by Crippen LogP contribution is 2.44. The zero-order chi connectivity index (χ0) is 24.8. The van der Waals surface area contributed by atoms with Gasteiger partial charge in [-0.05, 0) is 63.8 Å². The number of benzene rings is 3. The van der Waals surface area contributed by atoms with E-state index in [-0.39, 0.29) is 25.4 Å². The summed E-state index contributed by atoms with van der Waals surface area (Å²) >= 11 is 0. The third-order valence-electron chi connectivity index (χ3n) is 5.41. The number of esters is 2. The average molecular weight is 467 g/mol. The first-order valence-electron chi connectivity index (χ1n) is 11.9. The lowest BCUT2D eigenvalue weighted by atomic mass is 9.93. The van der Waals surface area contributed by atoms with Crippen LogP contribution in [0.25, 0.3) is 21.5 Å². The minimum absolute atomic E-state index is 0.199. The van der Waals surface area contributed by atoms with Crippen LogP contribution in [0, 0.1) is 0 Å². The van der Waals surface area contributed by atoms with Gasteiger partial charge in [0.15, 0.2) is 13.2 Å². The van der Waals surface area contributed by atoms with Crippen molar-refractivity contribution < 1.29 is 28.5 Å². The number of carbonyl (C=O) groups is 2. The highest BCUT2D eigenvalue weighted by molar-refractivity contribution is 6.11. The Hall–Kier alpha value is -3.28. The summed E-state index contributed by atoms with van der Waals surface area (Å²) in [6, 6.07) is 11.9. The Labute approximate surface area is 201 Å². The highest BCUT2D eigenvalue weighted by atomic mass is 16.6. The van der Waals surface area contributed by atoms with Gasteiger partial charge < -0.3 is 18.9 Å². The number of aryl methyl sites for hydroxylation is 2. The summed E-state index contributed by atoms with van der Waals surface area (Å²) in [5.74, 6) is 0.344. The molecule has 6 heteroatoms. The van der Waals surface area contributed by atoms with Gasteiger partial charge in [0.05, 0.1) is 12.2 Å². The fraction of sp³-hybridized carbons (Fsp3) is 0.429. The second-order valence-corrected chi connectivity index (χ2v) is 8.73. The smallest absolute Gasteiger partial charge is 0.344 e. The highest BCUT2D eigenvalue weighted by Gasteiger charge is 2.20. The fourth-order valence-corrected chi connectivity index (χ4v) is 4.06. The SMILES string of the molecule is CCc1cc2c(OCC(=O)OC(C)C)c3ccccc3c(OCC(=O)OC(C)C)c2cc1CC. The van der Waals surface area contributed by atoms with Crippen LogP contribution in [0.3, 0.4) is 0 Å². The molecule has 0 amide bonds. The van der Waals surface area contributed by atoms with E-state index in [9.17, 15) is 9.59 Å². The Morgan fingerprint density at radius 2 is 1.06 bits per heavy atom. The van der Waals surface area contributed by atoms with E-state index in [0.717, 1.165) is 34.4 Å². The average Bonchev–Trinajstić information content (AvgIpc) is 2.79. The summed E-state index contributed by atoms with van der Waals surface area (Å²) in [4.78, 5) is 24.5. The van der Waals surface area contributed by atoms with Crippen LogP contribution >= 0.6 is 0 Å². The maximum atomic E-state index is 12.2. The lowest BCUT2D eigenvalue weighted by Crippen LogP contribution is -2.19. The van der Waals surface area contributed by atoms with Crippen molar-refractivity contribution in [1.82, 2.24) is 0 Å². The third-order valence-corrected chi connectivity index (χ3v) is 5.41. The summed E-state index contributed by atoms with van der Waals surface area (Å²) in [6.45, 7) is 11.0. The van der Waals surface area contributed by atoms with Gasteiger partial charge in [0.25, 0.3) is 0 Å². The van der Waals surface area contributed by atoms with Crippen molar-refractivity contribution in [2.24, 2.45) is 0 Å². The summed E-state index contributed by atoms with van der Waals surface area (Å²) in [6.07, 6.45) is 1.28. The molecule has 0 heterocycles. The second kappa shape index (κ2) is 11.2. The molecule has 0 unspecified atom stereocenters. The van der Waals surface area contributed by atoms with Gasteiger partial charge in [0.2, 0.25) is 0 Å². The van der Waals surface area contributed by atoms with Gasteiger partial charge in [-0.2, -0.15) is 0 Å². The van der Waals surface area contributed by atoms with Gasteiger partial charge in [-0.3, -0.25) is 0 Å². The van der Waals surface area contributed by atoms with E-state index in [1.165, 1.54) is 11.1 Å². The van der Waals surface area contributed by atoms with E-state index >= 15 is 0 Å². The topological polar surface area (TPSA) is 71.1 Å². The molecule has 0 bridgehead atoms. The van der Waals surface area contributed by atoms with Gasteiger partial charge in [-0.1, -0.05) is 38.1 Å². The first-order chi connectivity index (χ1) is 16.2. The van der Waals surface area contributed by atoms with Crippen molar-refractivity contribution in [3.63, 3.8) is 0 Å². The number of fused-ring (bicyclic) bond motifs is 2. The quantitative estimate of drug-likeness (QED) is 0.279.